The van der Waals surface area contributed by atoms with Gasteiger partial charge in [-0.25, -0.2) is 13.2 Å². The van der Waals surface area contributed by atoms with Crippen LogP contribution in [0.1, 0.15) is 18.4 Å². The van der Waals surface area contributed by atoms with E-state index in [9.17, 15) is 26.7 Å². The van der Waals surface area contributed by atoms with Gasteiger partial charge in [0.25, 0.3) is 5.88 Å². The first kappa shape index (κ1) is 22.1. The van der Waals surface area contributed by atoms with Crippen molar-refractivity contribution in [2.75, 3.05) is 34.4 Å². The van der Waals surface area contributed by atoms with E-state index in [0.717, 1.165) is 19.0 Å². The maximum Gasteiger partial charge on any atom is 0.340 e. The Labute approximate surface area is 159 Å². The summed E-state index contributed by atoms with van der Waals surface area (Å²) in [6, 6.07) is 0.650. The predicted octanol–water partition coefficient (Wildman–Crippen LogP) is 2.56. The Hall–Kier alpha value is -2.17. The summed E-state index contributed by atoms with van der Waals surface area (Å²) >= 11 is 0. The van der Waals surface area contributed by atoms with Gasteiger partial charge in [0, 0.05) is 12.6 Å². The number of ether oxygens (including phenoxy) is 2. The molecule has 6 nitrogen and oxygen atoms in total. The van der Waals surface area contributed by atoms with Crippen molar-refractivity contribution in [3.05, 3.63) is 17.4 Å². The van der Waals surface area contributed by atoms with E-state index in [1.54, 1.807) is 7.05 Å². The molecule has 0 spiro atoms. The Bertz CT molecular complexity index is 705. The van der Waals surface area contributed by atoms with Crippen LogP contribution >= 0.6 is 0 Å². The second kappa shape index (κ2) is 8.89. The summed E-state index contributed by atoms with van der Waals surface area (Å²) in [4.78, 5) is 19.5. The molecule has 0 saturated carbocycles. The van der Waals surface area contributed by atoms with Gasteiger partial charge < -0.3 is 14.4 Å². The van der Waals surface area contributed by atoms with Crippen LogP contribution in [0, 0.1) is 5.82 Å². The number of methoxy groups -OCH3 is 1. The molecular weight excluding hydrogens is 389 g/mol. The lowest BCUT2D eigenvalue weighted by atomic mass is 10.1. The Kier molecular flexibility index (Phi) is 7.02. The molecular formula is C17H22F5N3O3. The van der Waals surface area contributed by atoms with E-state index in [1.165, 1.54) is 12.0 Å². The van der Waals surface area contributed by atoms with Crippen molar-refractivity contribution >= 4 is 5.91 Å². The van der Waals surface area contributed by atoms with E-state index in [-0.39, 0.29) is 29.9 Å². The van der Waals surface area contributed by atoms with Crippen LogP contribution in [-0.2, 0) is 11.3 Å². The quantitative estimate of drug-likeness (QED) is 0.616. The summed E-state index contributed by atoms with van der Waals surface area (Å²) in [5.74, 6) is -6.76. The van der Waals surface area contributed by atoms with Crippen molar-refractivity contribution in [2.24, 2.45) is 0 Å². The van der Waals surface area contributed by atoms with Gasteiger partial charge in [-0.1, -0.05) is 0 Å². The molecule has 1 aromatic heterocycles. The van der Waals surface area contributed by atoms with Gasteiger partial charge in [0.15, 0.2) is 12.4 Å². The molecule has 11 heteroatoms. The predicted molar refractivity (Wildman–Crippen MR) is 89.3 cm³/mol. The molecule has 0 bridgehead atoms. The molecule has 1 aromatic rings. The number of aromatic nitrogens is 1. The van der Waals surface area contributed by atoms with Gasteiger partial charge in [-0.2, -0.15) is 13.8 Å². The highest BCUT2D eigenvalue weighted by atomic mass is 19.3. The average molecular weight is 411 g/mol. The van der Waals surface area contributed by atoms with Crippen LogP contribution in [0.4, 0.5) is 22.0 Å². The molecule has 158 valence electrons. The van der Waals surface area contributed by atoms with Crippen molar-refractivity contribution in [1.82, 2.24) is 14.8 Å². The molecule has 1 amide bonds. The Balaban J connectivity index is 2.13. The fourth-order valence-electron chi connectivity index (χ4n) is 2.92. The SMILES string of the molecule is COc1nc(OCC(F)(F)C(F)F)c(F)cc1CN(C)C(=O)C1CCCN1C. The lowest BCUT2D eigenvalue weighted by molar-refractivity contribution is -0.149. The van der Waals surface area contributed by atoms with Crippen molar-refractivity contribution in [3.8, 4) is 11.8 Å². The number of rotatable bonds is 8. The van der Waals surface area contributed by atoms with Crippen LogP contribution in [0.5, 0.6) is 11.8 Å². The van der Waals surface area contributed by atoms with Crippen molar-refractivity contribution in [1.29, 1.82) is 0 Å². The average Bonchev–Trinajstić information content (AvgIpc) is 3.06. The molecule has 1 atom stereocenters. The van der Waals surface area contributed by atoms with Gasteiger partial charge in [0.05, 0.1) is 19.7 Å². The van der Waals surface area contributed by atoms with Crippen LogP contribution < -0.4 is 9.47 Å². The lowest BCUT2D eigenvalue weighted by Gasteiger charge is -2.25. The number of halogens is 5. The first-order valence-corrected chi connectivity index (χ1v) is 8.54. The van der Waals surface area contributed by atoms with Gasteiger partial charge in [-0.05, 0) is 32.5 Å². The van der Waals surface area contributed by atoms with E-state index in [2.05, 4.69) is 9.72 Å². The van der Waals surface area contributed by atoms with Gasteiger partial charge in [-0.3, -0.25) is 9.69 Å². The standard InChI is InChI=1S/C17H22F5N3O3/c1-24-6-4-5-12(24)15(26)25(2)8-10-7-11(18)14(23-13(10)27-3)28-9-17(21,22)16(19)20/h7,12,16H,4-6,8-9H2,1-3H3. The molecule has 2 rings (SSSR count). The Morgan fingerprint density at radius 1 is 1.43 bits per heavy atom. The number of hydrogen-bond acceptors (Lipinski definition) is 5. The van der Waals surface area contributed by atoms with Crippen LogP contribution in [0.3, 0.4) is 0 Å². The van der Waals surface area contributed by atoms with E-state index in [0.29, 0.717) is 6.42 Å². The maximum atomic E-state index is 14.2. The Morgan fingerprint density at radius 2 is 2.11 bits per heavy atom. The van der Waals surface area contributed by atoms with E-state index in [1.807, 2.05) is 11.9 Å². The van der Waals surface area contributed by atoms with Crippen LogP contribution in [0.2, 0.25) is 0 Å². The molecule has 0 radical (unpaired) electrons. The summed E-state index contributed by atoms with van der Waals surface area (Å²) in [6.45, 7) is -0.966. The molecule has 1 aliphatic heterocycles. The largest absolute Gasteiger partial charge is 0.481 e. The first-order chi connectivity index (χ1) is 13.1. The van der Waals surface area contributed by atoms with E-state index in [4.69, 9.17) is 4.74 Å². The van der Waals surface area contributed by atoms with Crippen LogP contribution in [-0.4, -0.2) is 73.4 Å². The van der Waals surface area contributed by atoms with Crippen molar-refractivity contribution in [2.45, 2.75) is 37.8 Å². The molecule has 0 aliphatic carbocycles. The molecule has 1 aliphatic rings. The number of likely N-dealkylation sites (N-methyl/N-ethyl adjacent to an activating group) is 2. The number of carbonyl (C=O) groups excluding carboxylic acids is 1. The number of hydrogen-bond donors (Lipinski definition) is 0. The maximum absolute atomic E-state index is 14.2. The highest BCUT2D eigenvalue weighted by molar-refractivity contribution is 5.82. The third-order valence-corrected chi connectivity index (χ3v) is 4.49. The number of nitrogens with zero attached hydrogens (tertiary/aromatic N) is 3. The Morgan fingerprint density at radius 3 is 2.64 bits per heavy atom. The van der Waals surface area contributed by atoms with Crippen molar-refractivity contribution in [3.63, 3.8) is 0 Å². The van der Waals surface area contributed by atoms with Gasteiger partial charge >= 0.3 is 12.3 Å². The van der Waals surface area contributed by atoms with Crippen molar-refractivity contribution < 1.29 is 36.2 Å². The molecule has 0 aromatic carbocycles. The van der Waals surface area contributed by atoms with Crippen LogP contribution in [0.25, 0.3) is 0 Å². The minimum atomic E-state index is -4.44. The third kappa shape index (κ3) is 5.00. The highest BCUT2D eigenvalue weighted by Gasteiger charge is 2.42. The molecule has 28 heavy (non-hydrogen) atoms. The molecule has 1 unspecified atom stereocenters. The normalized spacial score (nSPS) is 17.8. The summed E-state index contributed by atoms with van der Waals surface area (Å²) in [5.41, 5.74) is 0.185. The molecule has 1 fully saturated rings. The van der Waals surface area contributed by atoms with E-state index >= 15 is 0 Å². The lowest BCUT2D eigenvalue weighted by Crippen LogP contribution is -2.42. The van der Waals surface area contributed by atoms with E-state index < -0.39 is 30.7 Å². The second-order valence-electron chi connectivity index (χ2n) is 6.63. The fourth-order valence-corrected chi connectivity index (χ4v) is 2.92. The number of pyridine rings is 1. The van der Waals surface area contributed by atoms with Crippen LogP contribution in [0.15, 0.2) is 6.07 Å². The number of amides is 1. The molecule has 1 saturated heterocycles. The number of carbonyl (C=O) groups is 1. The second-order valence-corrected chi connectivity index (χ2v) is 6.63. The van der Waals surface area contributed by atoms with Gasteiger partial charge in [-0.15, -0.1) is 0 Å². The topological polar surface area (TPSA) is 54.9 Å². The van der Waals surface area contributed by atoms with Gasteiger partial charge in [0.2, 0.25) is 11.8 Å². The summed E-state index contributed by atoms with van der Waals surface area (Å²) in [5, 5.41) is 0. The zero-order chi connectivity index (χ0) is 21.1. The molecule has 2 heterocycles. The zero-order valence-electron chi connectivity index (χ0n) is 15.7. The third-order valence-electron chi connectivity index (χ3n) is 4.49. The highest BCUT2D eigenvalue weighted by Crippen LogP contribution is 2.28. The minimum absolute atomic E-state index is 0.0380. The summed E-state index contributed by atoms with van der Waals surface area (Å²) in [6.07, 6.45) is -2.34. The summed E-state index contributed by atoms with van der Waals surface area (Å²) < 4.78 is 73.9. The molecule has 0 N–H and O–H groups in total. The smallest absolute Gasteiger partial charge is 0.340 e. The number of likely N-dealkylation sites (tertiary alicyclic amines) is 1. The zero-order valence-corrected chi connectivity index (χ0v) is 15.7. The minimum Gasteiger partial charge on any atom is -0.481 e. The monoisotopic (exact) mass is 411 g/mol. The summed E-state index contributed by atoms with van der Waals surface area (Å²) in [7, 11) is 4.60. The fraction of sp³-hybridized carbons (Fsp3) is 0.647. The number of alkyl halides is 4. The first-order valence-electron chi connectivity index (χ1n) is 8.54. The van der Waals surface area contributed by atoms with Gasteiger partial charge in [0.1, 0.15) is 0 Å².